The van der Waals surface area contributed by atoms with Crippen molar-refractivity contribution in [3.63, 3.8) is 0 Å². The number of ether oxygens (including phenoxy) is 1. The molecule has 0 aliphatic carbocycles. The molecule has 0 spiro atoms. The van der Waals surface area contributed by atoms with Gasteiger partial charge in [-0.25, -0.2) is 4.99 Å². The molecule has 0 unspecified atom stereocenters. The lowest BCUT2D eigenvalue weighted by Crippen LogP contribution is -2.08. The molecule has 0 amide bonds. The fraction of sp³-hybridized carbons (Fsp3) is 0.125. The van der Waals surface area contributed by atoms with Crippen molar-refractivity contribution in [3.05, 3.63) is 23.2 Å². The fourth-order valence-electron chi connectivity index (χ4n) is 1.00. The molecule has 0 saturated heterocycles. The minimum Gasteiger partial charge on any atom is -0.484 e. The molecule has 0 aromatic heterocycles. The van der Waals surface area contributed by atoms with Crippen molar-refractivity contribution in [2.45, 2.75) is 0 Å². The lowest BCUT2D eigenvalue weighted by atomic mass is 10.3. The number of hydrogen-bond acceptors (Lipinski definition) is 2. The predicted octanol–water partition coefficient (Wildman–Crippen LogP) is 3.00. The van der Waals surface area contributed by atoms with Crippen molar-refractivity contribution < 1.29 is 4.74 Å². The van der Waals surface area contributed by atoms with Crippen LogP contribution in [0.3, 0.4) is 0 Å². The second kappa shape index (κ2) is 2.96. The molecule has 4 heteroatoms. The van der Waals surface area contributed by atoms with Crippen molar-refractivity contribution in [2.75, 3.05) is 6.61 Å². The van der Waals surface area contributed by atoms with E-state index in [-0.39, 0.29) is 0 Å². The van der Waals surface area contributed by atoms with Crippen molar-refractivity contribution in [1.82, 2.24) is 0 Å². The molecule has 1 heterocycles. The van der Waals surface area contributed by atoms with Crippen LogP contribution in [0.1, 0.15) is 0 Å². The van der Waals surface area contributed by atoms with E-state index >= 15 is 0 Å². The van der Waals surface area contributed by atoms with Gasteiger partial charge in [0.25, 0.3) is 0 Å². The monoisotopic (exact) mass is 201 g/mol. The first-order chi connectivity index (χ1) is 5.75. The average Bonchev–Trinajstić information content (AvgIpc) is 2.03. The van der Waals surface area contributed by atoms with E-state index in [4.69, 9.17) is 27.9 Å². The van der Waals surface area contributed by atoms with Crippen LogP contribution in [-0.2, 0) is 0 Å². The Hall–Kier alpha value is -0.730. The van der Waals surface area contributed by atoms with Gasteiger partial charge in [-0.1, -0.05) is 23.2 Å². The van der Waals surface area contributed by atoms with Crippen LogP contribution >= 0.6 is 23.2 Å². The first-order valence-electron chi connectivity index (χ1n) is 3.41. The van der Waals surface area contributed by atoms with Crippen molar-refractivity contribution in [1.29, 1.82) is 0 Å². The minimum atomic E-state index is 0.343. The molecule has 1 aliphatic heterocycles. The number of hydrogen-bond donors (Lipinski definition) is 0. The maximum atomic E-state index is 5.76. The number of rotatable bonds is 0. The van der Waals surface area contributed by atoms with Crippen molar-refractivity contribution >= 4 is 34.1 Å². The second-order valence-corrected chi connectivity index (χ2v) is 3.26. The lowest BCUT2D eigenvalue weighted by Gasteiger charge is -2.13. The number of fused-ring (bicyclic) bond motifs is 1. The van der Waals surface area contributed by atoms with Crippen LogP contribution in [0.5, 0.6) is 5.75 Å². The van der Waals surface area contributed by atoms with Gasteiger partial charge in [-0.3, -0.25) is 0 Å². The Morgan fingerprint density at radius 2 is 2.17 bits per heavy atom. The van der Waals surface area contributed by atoms with E-state index in [1.165, 1.54) is 0 Å². The molecule has 1 aromatic carbocycles. The molecule has 12 heavy (non-hydrogen) atoms. The highest BCUT2D eigenvalue weighted by Gasteiger charge is 2.10. The normalized spacial score (nSPS) is 14.7. The summed E-state index contributed by atoms with van der Waals surface area (Å²) < 4.78 is 5.27. The van der Waals surface area contributed by atoms with Gasteiger partial charge in [-0.2, -0.15) is 0 Å². The predicted molar refractivity (Wildman–Crippen MR) is 49.9 cm³/mol. The Morgan fingerprint density at radius 3 is 3.00 bits per heavy atom. The highest BCUT2D eigenvalue weighted by Crippen LogP contribution is 2.33. The van der Waals surface area contributed by atoms with Crippen LogP contribution in [-0.4, -0.2) is 11.8 Å². The van der Waals surface area contributed by atoms with Crippen LogP contribution in [0.2, 0.25) is 5.02 Å². The van der Waals surface area contributed by atoms with Crippen molar-refractivity contribution in [2.24, 2.45) is 4.99 Å². The Morgan fingerprint density at radius 1 is 1.33 bits per heavy atom. The van der Waals surface area contributed by atoms with E-state index < -0.39 is 0 Å². The molecule has 1 aliphatic rings. The zero-order valence-electron chi connectivity index (χ0n) is 6.05. The van der Waals surface area contributed by atoms with E-state index in [0.717, 1.165) is 5.75 Å². The summed E-state index contributed by atoms with van der Waals surface area (Å²) in [4.78, 5) is 4.08. The molecular formula is C8H5Cl2NO. The van der Waals surface area contributed by atoms with Gasteiger partial charge < -0.3 is 4.74 Å². The van der Waals surface area contributed by atoms with Gasteiger partial charge in [0, 0.05) is 5.02 Å². The average molecular weight is 202 g/mol. The van der Waals surface area contributed by atoms with E-state index in [0.29, 0.717) is 22.5 Å². The third-order valence-corrected chi connectivity index (χ3v) is 1.94. The van der Waals surface area contributed by atoms with E-state index in [9.17, 15) is 0 Å². The number of nitrogens with zero attached hydrogens (tertiary/aromatic N) is 1. The Balaban J connectivity index is 2.53. The first-order valence-corrected chi connectivity index (χ1v) is 4.17. The fourth-order valence-corrected chi connectivity index (χ4v) is 1.31. The molecule has 0 atom stereocenters. The van der Waals surface area contributed by atoms with Gasteiger partial charge in [0.15, 0.2) is 0 Å². The molecule has 2 rings (SSSR count). The molecule has 0 fully saturated rings. The summed E-state index contributed by atoms with van der Waals surface area (Å²) >= 11 is 11.4. The zero-order valence-corrected chi connectivity index (χ0v) is 7.56. The topological polar surface area (TPSA) is 21.6 Å². The molecule has 2 nitrogen and oxygen atoms in total. The SMILES string of the molecule is ClC1=Nc2cc(Cl)ccc2OC1. The Bertz CT molecular complexity index is 349. The maximum absolute atomic E-state index is 5.76. The molecule has 0 N–H and O–H groups in total. The molecular weight excluding hydrogens is 197 g/mol. The quantitative estimate of drug-likeness (QED) is 0.633. The molecule has 0 saturated carbocycles. The van der Waals surface area contributed by atoms with Crippen LogP contribution in [0.25, 0.3) is 0 Å². The lowest BCUT2D eigenvalue weighted by molar-refractivity contribution is 0.375. The molecule has 1 aromatic rings. The summed E-state index contributed by atoms with van der Waals surface area (Å²) in [7, 11) is 0. The van der Waals surface area contributed by atoms with Crippen LogP contribution in [0.15, 0.2) is 23.2 Å². The smallest absolute Gasteiger partial charge is 0.145 e. The number of benzene rings is 1. The second-order valence-electron chi connectivity index (χ2n) is 2.39. The third kappa shape index (κ3) is 1.40. The van der Waals surface area contributed by atoms with Crippen molar-refractivity contribution in [3.8, 4) is 5.75 Å². The molecule has 0 bridgehead atoms. The van der Waals surface area contributed by atoms with Gasteiger partial charge in [0.05, 0.1) is 0 Å². The molecule has 62 valence electrons. The van der Waals surface area contributed by atoms with Crippen LogP contribution in [0, 0.1) is 0 Å². The van der Waals surface area contributed by atoms with Crippen LogP contribution in [0.4, 0.5) is 5.69 Å². The summed E-state index contributed by atoms with van der Waals surface area (Å²) in [6, 6.07) is 5.26. The summed E-state index contributed by atoms with van der Waals surface area (Å²) in [5.74, 6) is 0.726. The third-order valence-electron chi connectivity index (χ3n) is 1.51. The Labute approximate surface area is 79.8 Å². The van der Waals surface area contributed by atoms with Gasteiger partial charge in [-0.05, 0) is 18.2 Å². The van der Waals surface area contributed by atoms with Gasteiger partial charge >= 0.3 is 0 Å². The largest absolute Gasteiger partial charge is 0.484 e. The van der Waals surface area contributed by atoms with Gasteiger partial charge in [0.1, 0.15) is 23.2 Å². The molecule has 0 radical (unpaired) electrons. The maximum Gasteiger partial charge on any atom is 0.145 e. The van der Waals surface area contributed by atoms with E-state index in [1.54, 1.807) is 18.2 Å². The van der Waals surface area contributed by atoms with Crippen LogP contribution < -0.4 is 4.74 Å². The zero-order chi connectivity index (χ0) is 8.55. The van der Waals surface area contributed by atoms with Gasteiger partial charge in [-0.15, -0.1) is 0 Å². The minimum absolute atomic E-state index is 0.343. The summed E-state index contributed by atoms with van der Waals surface area (Å²) in [5.41, 5.74) is 0.693. The summed E-state index contributed by atoms with van der Waals surface area (Å²) in [6.45, 7) is 0.343. The number of halogens is 2. The van der Waals surface area contributed by atoms with E-state index in [2.05, 4.69) is 4.99 Å². The Kier molecular flexibility index (Phi) is 1.95. The number of aliphatic imine (C=N–C) groups is 1. The van der Waals surface area contributed by atoms with E-state index in [1.807, 2.05) is 0 Å². The van der Waals surface area contributed by atoms with Gasteiger partial charge in [0.2, 0.25) is 0 Å². The first kappa shape index (κ1) is 7.90. The summed E-state index contributed by atoms with van der Waals surface area (Å²) in [6.07, 6.45) is 0. The highest BCUT2D eigenvalue weighted by molar-refractivity contribution is 6.66. The standard InChI is InChI=1S/C8H5Cl2NO/c9-5-1-2-7-6(3-5)11-8(10)4-12-7/h1-3H,4H2. The highest BCUT2D eigenvalue weighted by atomic mass is 35.5. The summed E-state index contributed by atoms with van der Waals surface area (Å²) in [5, 5.41) is 1.08.